The molecular formula is C26H26N2O5. The lowest BCUT2D eigenvalue weighted by Crippen LogP contribution is -2.47. The minimum absolute atomic E-state index is 0.00278. The molecule has 0 radical (unpaired) electrons. The molecule has 2 aromatic carbocycles. The molecule has 0 aliphatic heterocycles. The van der Waals surface area contributed by atoms with Crippen molar-refractivity contribution >= 4 is 18.0 Å². The van der Waals surface area contributed by atoms with Crippen molar-refractivity contribution in [2.24, 2.45) is 11.3 Å². The summed E-state index contributed by atoms with van der Waals surface area (Å²) in [5.74, 6) is -0.941. The first-order valence-electron chi connectivity index (χ1n) is 11.6. The first-order valence-corrected chi connectivity index (χ1v) is 11.6. The molecular weight excluding hydrogens is 420 g/mol. The number of hydrogen-bond donors (Lipinski definition) is 3. The molecule has 0 bridgehead atoms. The molecule has 4 aliphatic carbocycles. The first kappa shape index (κ1) is 20.3. The van der Waals surface area contributed by atoms with Crippen LogP contribution in [0.2, 0.25) is 0 Å². The molecule has 170 valence electrons. The number of ether oxygens (including phenoxy) is 1. The zero-order chi connectivity index (χ0) is 22.8. The third-order valence-electron chi connectivity index (χ3n) is 8.04. The zero-order valence-corrected chi connectivity index (χ0v) is 18.2. The Labute approximate surface area is 191 Å². The van der Waals surface area contributed by atoms with Gasteiger partial charge in [-0.3, -0.25) is 4.79 Å². The summed E-state index contributed by atoms with van der Waals surface area (Å²) in [7, 11) is 0. The van der Waals surface area contributed by atoms with E-state index in [2.05, 4.69) is 34.9 Å². The summed E-state index contributed by atoms with van der Waals surface area (Å²) < 4.78 is 5.64. The van der Waals surface area contributed by atoms with Crippen molar-refractivity contribution in [3.05, 3.63) is 59.7 Å². The number of carbonyl (C=O) groups excluding carboxylic acids is 2. The van der Waals surface area contributed by atoms with Gasteiger partial charge in [0.2, 0.25) is 5.91 Å². The summed E-state index contributed by atoms with van der Waals surface area (Å²) in [5.41, 5.74) is 3.08. The van der Waals surface area contributed by atoms with E-state index < -0.39 is 23.0 Å². The van der Waals surface area contributed by atoms with Gasteiger partial charge in [0.05, 0.1) is 5.41 Å². The number of carboxylic acids is 1. The smallest absolute Gasteiger partial charge is 0.407 e. The van der Waals surface area contributed by atoms with Crippen LogP contribution in [0.15, 0.2) is 48.5 Å². The summed E-state index contributed by atoms with van der Waals surface area (Å²) >= 11 is 0. The fourth-order valence-corrected chi connectivity index (χ4v) is 5.95. The van der Waals surface area contributed by atoms with Crippen LogP contribution < -0.4 is 10.6 Å². The molecule has 0 saturated heterocycles. The van der Waals surface area contributed by atoms with Crippen molar-refractivity contribution in [3.8, 4) is 11.1 Å². The van der Waals surface area contributed by atoms with E-state index in [9.17, 15) is 19.5 Å². The number of carbonyl (C=O) groups is 3. The second-order valence-electron chi connectivity index (χ2n) is 10.0. The number of rotatable bonds is 6. The molecule has 7 nitrogen and oxygen atoms in total. The van der Waals surface area contributed by atoms with Crippen LogP contribution in [0.4, 0.5) is 4.79 Å². The predicted molar refractivity (Wildman–Crippen MR) is 120 cm³/mol. The number of amides is 2. The van der Waals surface area contributed by atoms with Gasteiger partial charge in [0.15, 0.2) is 0 Å². The Morgan fingerprint density at radius 1 is 0.970 bits per heavy atom. The highest BCUT2D eigenvalue weighted by Gasteiger charge is 2.67. The predicted octanol–water partition coefficient (Wildman–Crippen LogP) is 3.43. The maximum atomic E-state index is 12.8. The third kappa shape index (κ3) is 3.21. The SMILES string of the molecule is O=C(N[C@H]1C[C@@H]2C[C@]2(C(=O)NC2(C(=O)O)CC2)C1)OCC1c2ccccc2-c2ccccc21. The molecule has 3 fully saturated rings. The average Bonchev–Trinajstić information content (AvgIpc) is 3.68. The molecule has 3 N–H and O–H groups in total. The first-order chi connectivity index (χ1) is 15.9. The van der Waals surface area contributed by atoms with E-state index in [-0.39, 0.29) is 30.4 Å². The molecule has 7 heteroatoms. The Kier molecular flexibility index (Phi) is 4.34. The maximum absolute atomic E-state index is 12.8. The van der Waals surface area contributed by atoms with Crippen molar-refractivity contribution in [2.75, 3.05) is 6.61 Å². The Morgan fingerprint density at radius 3 is 2.21 bits per heavy atom. The van der Waals surface area contributed by atoms with Gasteiger partial charge in [-0.2, -0.15) is 0 Å². The van der Waals surface area contributed by atoms with Gasteiger partial charge < -0.3 is 20.5 Å². The van der Waals surface area contributed by atoms with Gasteiger partial charge in [-0.1, -0.05) is 48.5 Å². The van der Waals surface area contributed by atoms with Gasteiger partial charge in [-0.05, 0) is 60.3 Å². The summed E-state index contributed by atoms with van der Waals surface area (Å²) in [6.07, 6.45) is 2.51. The van der Waals surface area contributed by atoms with E-state index in [4.69, 9.17) is 4.74 Å². The molecule has 2 amide bonds. The summed E-state index contributed by atoms with van der Waals surface area (Å²) in [5, 5.41) is 15.0. The largest absolute Gasteiger partial charge is 0.480 e. The van der Waals surface area contributed by atoms with Crippen molar-refractivity contribution in [3.63, 3.8) is 0 Å². The lowest BCUT2D eigenvalue weighted by atomic mass is 9.98. The van der Waals surface area contributed by atoms with Crippen LogP contribution in [0.5, 0.6) is 0 Å². The van der Waals surface area contributed by atoms with E-state index in [1.807, 2.05) is 24.3 Å². The molecule has 3 saturated carbocycles. The summed E-state index contributed by atoms with van der Waals surface area (Å²) in [4.78, 5) is 36.8. The number of benzene rings is 2. The molecule has 4 aliphatic rings. The highest BCUT2D eigenvalue weighted by molar-refractivity contribution is 5.94. The molecule has 33 heavy (non-hydrogen) atoms. The normalized spacial score (nSPS) is 27.6. The van der Waals surface area contributed by atoms with Gasteiger partial charge in [-0.25, -0.2) is 9.59 Å². The highest BCUT2D eigenvalue weighted by Crippen LogP contribution is 2.64. The monoisotopic (exact) mass is 446 g/mol. The Morgan fingerprint density at radius 2 is 1.61 bits per heavy atom. The molecule has 3 atom stereocenters. The molecule has 0 unspecified atom stereocenters. The van der Waals surface area contributed by atoms with Crippen molar-refractivity contribution in [1.29, 1.82) is 0 Å². The van der Waals surface area contributed by atoms with E-state index in [1.165, 1.54) is 11.1 Å². The fraction of sp³-hybridized carbons (Fsp3) is 0.423. The van der Waals surface area contributed by atoms with E-state index in [1.54, 1.807) is 0 Å². The summed E-state index contributed by atoms with van der Waals surface area (Å²) in [6, 6.07) is 16.3. The van der Waals surface area contributed by atoms with E-state index >= 15 is 0 Å². The number of aliphatic carboxylic acids is 1. The van der Waals surface area contributed by atoms with Gasteiger partial charge >= 0.3 is 12.1 Å². The van der Waals surface area contributed by atoms with Gasteiger partial charge in [0.1, 0.15) is 12.1 Å². The van der Waals surface area contributed by atoms with E-state index in [0.29, 0.717) is 19.3 Å². The minimum Gasteiger partial charge on any atom is -0.480 e. The Hall–Kier alpha value is -3.35. The molecule has 0 aromatic heterocycles. The minimum atomic E-state index is -1.07. The second kappa shape index (κ2) is 7.07. The van der Waals surface area contributed by atoms with Crippen LogP contribution >= 0.6 is 0 Å². The number of alkyl carbamates (subject to hydrolysis) is 1. The van der Waals surface area contributed by atoms with Gasteiger partial charge in [0.25, 0.3) is 0 Å². The molecule has 0 spiro atoms. The number of carboxylic acid groups (broad SMARTS) is 1. The van der Waals surface area contributed by atoms with Crippen molar-refractivity contribution in [1.82, 2.24) is 10.6 Å². The lowest BCUT2D eigenvalue weighted by molar-refractivity contribution is -0.144. The maximum Gasteiger partial charge on any atom is 0.407 e. The molecule has 0 heterocycles. The van der Waals surface area contributed by atoms with Crippen LogP contribution in [0.3, 0.4) is 0 Å². The molecule has 2 aromatic rings. The van der Waals surface area contributed by atoms with Crippen LogP contribution in [-0.4, -0.2) is 41.3 Å². The van der Waals surface area contributed by atoms with E-state index in [0.717, 1.165) is 24.0 Å². The van der Waals surface area contributed by atoms with Crippen molar-refractivity contribution < 1.29 is 24.2 Å². The Bertz CT molecular complexity index is 1130. The van der Waals surface area contributed by atoms with Crippen LogP contribution in [0.1, 0.15) is 49.1 Å². The highest BCUT2D eigenvalue weighted by atomic mass is 16.5. The standard InChI is InChI=1S/C26H26N2O5/c29-22(28-26(9-10-26)23(30)31)25-12-15(25)11-16(13-25)27-24(32)33-14-21-19-7-3-1-5-17(19)18-6-2-4-8-20(18)21/h1-8,15-16,21H,9-14H2,(H,27,32)(H,28,29)(H,30,31)/t15-,16+,25+/m1/s1. The lowest BCUT2D eigenvalue weighted by Gasteiger charge is -2.21. The summed E-state index contributed by atoms with van der Waals surface area (Å²) in [6.45, 7) is 0.253. The van der Waals surface area contributed by atoms with Crippen molar-refractivity contribution in [2.45, 2.75) is 49.6 Å². The van der Waals surface area contributed by atoms with Gasteiger partial charge in [-0.15, -0.1) is 0 Å². The van der Waals surface area contributed by atoms with Gasteiger partial charge in [0, 0.05) is 12.0 Å². The fourth-order valence-electron chi connectivity index (χ4n) is 5.95. The quantitative estimate of drug-likeness (QED) is 0.631. The second-order valence-corrected chi connectivity index (χ2v) is 10.0. The number of fused-ring (bicyclic) bond motifs is 4. The van der Waals surface area contributed by atoms with Crippen LogP contribution in [0, 0.1) is 11.3 Å². The topological polar surface area (TPSA) is 105 Å². The Balaban J connectivity index is 1.06. The number of nitrogens with one attached hydrogen (secondary N) is 2. The molecule has 6 rings (SSSR count). The third-order valence-corrected chi connectivity index (χ3v) is 8.04. The average molecular weight is 447 g/mol. The number of hydrogen-bond acceptors (Lipinski definition) is 4. The van der Waals surface area contributed by atoms with Crippen LogP contribution in [-0.2, 0) is 14.3 Å². The van der Waals surface area contributed by atoms with Crippen LogP contribution in [0.25, 0.3) is 11.1 Å². The zero-order valence-electron chi connectivity index (χ0n) is 18.2.